The third kappa shape index (κ3) is 1.92. The Morgan fingerprint density at radius 2 is 2.11 bits per heavy atom. The molecule has 2 aromatic rings. The van der Waals surface area contributed by atoms with E-state index in [9.17, 15) is 15.3 Å². The molecule has 1 aliphatic rings. The molecular formula is C12H14ClN3O3. The predicted molar refractivity (Wildman–Crippen MR) is 68.8 cm³/mol. The van der Waals surface area contributed by atoms with E-state index in [-0.39, 0.29) is 18.6 Å². The van der Waals surface area contributed by atoms with Gasteiger partial charge in [0.1, 0.15) is 23.2 Å². The van der Waals surface area contributed by atoms with Gasteiger partial charge in [-0.2, -0.15) is 0 Å². The molecule has 4 atom stereocenters. The van der Waals surface area contributed by atoms with Crippen LogP contribution in [0.1, 0.15) is 12.5 Å². The van der Waals surface area contributed by atoms with Crippen molar-refractivity contribution in [1.29, 1.82) is 0 Å². The molecule has 6 nitrogen and oxygen atoms in total. The van der Waals surface area contributed by atoms with E-state index in [4.69, 9.17) is 11.6 Å². The molecule has 0 aromatic carbocycles. The fourth-order valence-corrected chi connectivity index (χ4v) is 2.95. The van der Waals surface area contributed by atoms with Crippen LogP contribution in [0.15, 0.2) is 18.6 Å². The first kappa shape index (κ1) is 12.8. The maximum Gasteiger partial charge on any atom is 0.145 e. The molecule has 0 radical (unpaired) electrons. The van der Waals surface area contributed by atoms with Gasteiger partial charge in [-0.15, -0.1) is 0 Å². The maximum atomic E-state index is 10.1. The first-order valence-electron chi connectivity index (χ1n) is 6.07. The molecule has 2 aromatic heterocycles. The molecule has 3 rings (SSSR count). The molecule has 1 fully saturated rings. The number of hydrogen-bond acceptors (Lipinski definition) is 5. The van der Waals surface area contributed by atoms with Crippen LogP contribution in [0, 0.1) is 5.92 Å². The lowest BCUT2D eigenvalue weighted by molar-refractivity contribution is -0.00365. The molecule has 1 saturated carbocycles. The van der Waals surface area contributed by atoms with E-state index in [1.807, 2.05) is 0 Å². The van der Waals surface area contributed by atoms with Crippen LogP contribution in [-0.4, -0.2) is 48.7 Å². The molecule has 1 aliphatic carbocycles. The van der Waals surface area contributed by atoms with Crippen LogP contribution in [0.2, 0.25) is 5.15 Å². The minimum absolute atomic E-state index is 0.149. The zero-order chi connectivity index (χ0) is 13.6. The van der Waals surface area contributed by atoms with Gasteiger partial charge in [-0.25, -0.2) is 9.97 Å². The minimum Gasteiger partial charge on any atom is -0.396 e. The van der Waals surface area contributed by atoms with E-state index < -0.39 is 12.2 Å². The summed E-state index contributed by atoms with van der Waals surface area (Å²) in [7, 11) is 0. The molecule has 1 unspecified atom stereocenters. The Bertz CT molecular complexity index is 603. The largest absolute Gasteiger partial charge is 0.396 e. The van der Waals surface area contributed by atoms with Gasteiger partial charge in [-0.3, -0.25) is 0 Å². The number of aromatic nitrogens is 3. The van der Waals surface area contributed by atoms with Crippen LogP contribution < -0.4 is 0 Å². The van der Waals surface area contributed by atoms with Crippen LogP contribution in [0.25, 0.3) is 11.0 Å². The summed E-state index contributed by atoms with van der Waals surface area (Å²) in [5, 5.41) is 30.2. The average Bonchev–Trinajstić information content (AvgIpc) is 2.94. The standard InChI is InChI=1S/C12H14ClN3O3/c13-11-7-1-2-16(12(7)15-5-14-11)8-3-6(4-17)9(18)10(8)19/h1-2,5-6,8-10,17-19H,3-4H2/t6?,8-,9-,10+/m1/s1. The van der Waals surface area contributed by atoms with Crippen LogP contribution >= 0.6 is 11.6 Å². The first-order valence-corrected chi connectivity index (χ1v) is 6.45. The van der Waals surface area contributed by atoms with Gasteiger partial charge >= 0.3 is 0 Å². The Kier molecular flexibility index (Phi) is 3.18. The summed E-state index contributed by atoms with van der Waals surface area (Å²) >= 11 is 5.98. The SMILES string of the molecule is OCC1C[C@@H](n2ccc3c(Cl)ncnc32)[C@H](O)[C@@H]1O. The van der Waals surface area contributed by atoms with Gasteiger partial charge in [0.2, 0.25) is 0 Å². The zero-order valence-electron chi connectivity index (χ0n) is 10.0. The van der Waals surface area contributed by atoms with E-state index in [1.54, 1.807) is 16.8 Å². The fraction of sp³-hybridized carbons (Fsp3) is 0.500. The Hall–Kier alpha value is -1.21. The topological polar surface area (TPSA) is 91.4 Å². The van der Waals surface area contributed by atoms with Crippen LogP contribution in [0.3, 0.4) is 0 Å². The molecule has 19 heavy (non-hydrogen) atoms. The summed E-state index contributed by atoms with van der Waals surface area (Å²) in [6.45, 7) is -0.149. The predicted octanol–water partition coefficient (Wildman–Crippen LogP) is 0.360. The van der Waals surface area contributed by atoms with E-state index in [0.29, 0.717) is 22.6 Å². The van der Waals surface area contributed by atoms with Crippen LogP contribution in [0.5, 0.6) is 0 Å². The molecule has 2 heterocycles. The Labute approximate surface area is 114 Å². The molecule has 3 N–H and O–H groups in total. The van der Waals surface area contributed by atoms with Crippen molar-refractivity contribution in [3.05, 3.63) is 23.7 Å². The Morgan fingerprint density at radius 1 is 1.32 bits per heavy atom. The van der Waals surface area contributed by atoms with Crippen molar-refractivity contribution in [2.45, 2.75) is 24.7 Å². The van der Waals surface area contributed by atoms with E-state index in [2.05, 4.69) is 9.97 Å². The number of aliphatic hydroxyl groups excluding tert-OH is 3. The minimum atomic E-state index is -0.929. The van der Waals surface area contributed by atoms with Crippen molar-refractivity contribution in [2.75, 3.05) is 6.61 Å². The molecule has 7 heteroatoms. The summed E-state index contributed by atoms with van der Waals surface area (Å²) < 4.78 is 1.78. The van der Waals surface area contributed by atoms with Crippen molar-refractivity contribution in [1.82, 2.24) is 14.5 Å². The van der Waals surface area contributed by atoms with Gasteiger partial charge in [0.05, 0.1) is 17.5 Å². The first-order chi connectivity index (χ1) is 9.13. The van der Waals surface area contributed by atoms with Crippen LogP contribution in [-0.2, 0) is 0 Å². The number of halogens is 1. The second-order valence-electron chi connectivity index (χ2n) is 4.85. The highest BCUT2D eigenvalue weighted by Gasteiger charge is 2.42. The summed E-state index contributed by atoms with van der Waals surface area (Å²) in [5.74, 6) is -0.324. The highest BCUT2D eigenvalue weighted by molar-refractivity contribution is 6.33. The van der Waals surface area contributed by atoms with Crippen molar-refractivity contribution in [3.63, 3.8) is 0 Å². The number of hydrogen-bond donors (Lipinski definition) is 3. The van der Waals surface area contributed by atoms with Gasteiger partial charge in [0.25, 0.3) is 0 Å². The zero-order valence-corrected chi connectivity index (χ0v) is 10.8. The molecule has 0 saturated heterocycles. The smallest absolute Gasteiger partial charge is 0.145 e. The number of rotatable bonds is 2. The quantitative estimate of drug-likeness (QED) is 0.692. The number of fused-ring (bicyclic) bond motifs is 1. The highest BCUT2D eigenvalue weighted by Crippen LogP contribution is 2.37. The van der Waals surface area contributed by atoms with E-state index in [1.165, 1.54) is 6.33 Å². The van der Waals surface area contributed by atoms with Crippen LogP contribution in [0.4, 0.5) is 0 Å². The Morgan fingerprint density at radius 3 is 2.79 bits per heavy atom. The van der Waals surface area contributed by atoms with Crippen molar-refractivity contribution < 1.29 is 15.3 Å². The molecule has 102 valence electrons. The normalized spacial score (nSPS) is 31.2. The lowest BCUT2D eigenvalue weighted by Gasteiger charge is -2.18. The molecule has 0 amide bonds. The average molecular weight is 284 g/mol. The van der Waals surface area contributed by atoms with Gasteiger partial charge in [0.15, 0.2) is 0 Å². The van der Waals surface area contributed by atoms with Crippen molar-refractivity contribution in [2.24, 2.45) is 5.92 Å². The third-order valence-corrected chi connectivity index (χ3v) is 4.12. The van der Waals surface area contributed by atoms with Gasteiger partial charge in [-0.1, -0.05) is 11.6 Å². The number of nitrogens with zero attached hydrogens (tertiary/aromatic N) is 3. The summed E-state index contributed by atoms with van der Waals surface area (Å²) in [4.78, 5) is 8.07. The molecule has 0 spiro atoms. The monoisotopic (exact) mass is 283 g/mol. The van der Waals surface area contributed by atoms with Gasteiger partial charge in [-0.05, 0) is 12.5 Å². The highest BCUT2D eigenvalue weighted by atomic mass is 35.5. The summed E-state index contributed by atoms with van der Waals surface area (Å²) in [6, 6.07) is 1.46. The van der Waals surface area contributed by atoms with Gasteiger partial charge < -0.3 is 19.9 Å². The van der Waals surface area contributed by atoms with E-state index >= 15 is 0 Å². The lowest BCUT2D eigenvalue weighted by atomic mass is 10.1. The van der Waals surface area contributed by atoms with Crippen molar-refractivity contribution >= 4 is 22.6 Å². The number of aliphatic hydroxyl groups is 3. The second-order valence-corrected chi connectivity index (χ2v) is 5.21. The summed E-state index contributed by atoms with van der Waals surface area (Å²) in [6.07, 6.45) is 1.77. The lowest BCUT2D eigenvalue weighted by Crippen LogP contribution is -2.30. The Balaban J connectivity index is 2.04. The molecule has 0 bridgehead atoms. The third-order valence-electron chi connectivity index (χ3n) is 3.82. The molecule has 0 aliphatic heterocycles. The fourth-order valence-electron chi connectivity index (χ4n) is 2.76. The second kappa shape index (κ2) is 4.72. The van der Waals surface area contributed by atoms with Gasteiger partial charge in [0, 0.05) is 18.7 Å². The van der Waals surface area contributed by atoms with E-state index in [0.717, 1.165) is 0 Å². The molecular weight excluding hydrogens is 270 g/mol. The maximum absolute atomic E-state index is 10.1. The summed E-state index contributed by atoms with van der Waals surface area (Å²) in [5.41, 5.74) is 0.620. The van der Waals surface area contributed by atoms with Crippen molar-refractivity contribution in [3.8, 4) is 0 Å².